The highest BCUT2D eigenvalue weighted by Gasteiger charge is 2.25. The maximum atomic E-state index is 12.6. The third kappa shape index (κ3) is 4.34. The van der Waals surface area contributed by atoms with Gasteiger partial charge in [0.1, 0.15) is 0 Å². The molecular formula is C17H27N3O4. The van der Waals surface area contributed by atoms with Gasteiger partial charge in [0.15, 0.2) is 0 Å². The number of aromatic nitrogens is 1. The summed E-state index contributed by atoms with van der Waals surface area (Å²) in [7, 11) is 0. The fourth-order valence-corrected chi connectivity index (χ4v) is 3.10. The van der Waals surface area contributed by atoms with Crippen molar-refractivity contribution in [2.75, 3.05) is 52.5 Å². The van der Waals surface area contributed by atoms with Gasteiger partial charge in [-0.2, -0.15) is 0 Å². The molecule has 0 aromatic carbocycles. The Bertz CT molecular complexity index is 540. The number of carbonyl (C=O) groups excluding carboxylic acids is 1. The first kappa shape index (κ1) is 17.4. The minimum absolute atomic E-state index is 0.0616. The highest BCUT2D eigenvalue weighted by atomic mass is 16.6. The van der Waals surface area contributed by atoms with E-state index < -0.39 is 0 Å². The van der Waals surface area contributed by atoms with Crippen molar-refractivity contribution < 1.29 is 18.8 Å². The molecule has 0 bridgehead atoms. The zero-order valence-electron chi connectivity index (χ0n) is 14.6. The van der Waals surface area contributed by atoms with Crippen molar-refractivity contribution in [2.45, 2.75) is 32.3 Å². The molecule has 2 aliphatic heterocycles. The van der Waals surface area contributed by atoms with E-state index in [1.54, 1.807) is 6.07 Å². The van der Waals surface area contributed by atoms with Crippen LogP contribution in [0.15, 0.2) is 10.6 Å². The van der Waals surface area contributed by atoms with Gasteiger partial charge in [0.2, 0.25) is 5.76 Å². The number of carbonyl (C=O) groups is 1. The second-order valence-electron chi connectivity index (χ2n) is 6.78. The molecule has 1 amide bonds. The smallest absolute Gasteiger partial charge is 0.292 e. The second-order valence-corrected chi connectivity index (χ2v) is 6.78. The Labute approximate surface area is 142 Å². The molecule has 0 saturated carbocycles. The van der Waals surface area contributed by atoms with E-state index >= 15 is 0 Å². The van der Waals surface area contributed by atoms with E-state index in [-0.39, 0.29) is 17.9 Å². The highest BCUT2D eigenvalue weighted by molar-refractivity contribution is 5.91. The summed E-state index contributed by atoms with van der Waals surface area (Å²) >= 11 is 0. The first-order valence-corrected chi connectivity index (χ1v) is 8.81. The molecule has 2 aliphatic rings. The molecule has 2 saturated heterocycles. The van der Waals surface area contributed by atoms with Gasteiger partial charge in [-0.1, -0.05) is 19.0 Å². The van der Waals surface area contributed by atoms with Crippen LogP contribution in [-0.4, -0.2) is 79.5 Å². The summed E-state index contributed by atoms with van der Waals surface area (Å²) in [6.07, 6.45) is 1.09. The minimum Gasteiger partial charge on any atom is -0.376 e. The maximum absolute atomic E-state index is 12.6. The fourth-order valence-electron chi connectivity index (χ4n) is 3.10. The van der Waals surface area contributed by atoms with E-state index in [4.69, 9.17) is 14.0 Å². The van der Waals surface area contributed by atoms with Crippen molar-refractivity contribution in [2.24, 2.45) is 0 Å². The lowest BCUT2D eigenvalue weighted by molar-refractivity contribution is -0.0971. The average Bonchev–Trinajstić information content (AvgIpc) is 2.97. The van der Waals surface area contributed by atoms with Crippen LogP contribution in [0.25, 0.3) is 0 Å². The van der Waals surface area contributed by atoms with Gasteiger partial charge in [-0.25, -0.2) is 0 Å². The second kappa shape index (κ2) is 8.09. The number of hydrogen-bond donors (Lipinski definition) is 0. The molecular weight excluding hydrogens is 310 g/mol. The van der Waals surface area contributed by atoms with Crippen LogP contribution in [0.2, 0.25) is 0 Å². The molecule has 24 heavy (non-hydrogen) atoms. The van der Waals surface area contributed by atoms with Gasteiger partial charge in [0.05, 0.1) is 31.6 Å². The van der Waals surface area contributed by atoms with Crippen LogP contribution in [0.1, 0.15) is 42.4 Å². The largest absolute Gasteiger partial charge is 0.376 e. The Balaban J connectivity index is 1.53. The lowest BCUT2D eigenvalue weighted by Crippen LogP contribution is -2.42. The van der Waals surface area contributed by atoms with Crippen LogP contribution in [0.3, 0.4) is 0 Å². The van der Waals surface area contributed by atoms with Crippen molar-refractivity contribution in [3.05, 3.63) is 17.5 Å². The third-order valence-corrected chi connectivity index (χ3v) is 4.55. The van der Waals surface area contributed by atoms with Gasteiger partial charge in [0, 0.05) is 32.2 Å². The summed E-state index contributed by atoms with van der Waals surface area (Å²) in [4.78, 5) is 16.8. The summed E-state index contributed by atoms with van der Waals surface area (Å²) in [6.45, 7) is 10.2. The summed E-state index contributed by atoms with van der Waals surface area (Å²) in [5.74, 6) is 0.539. The molecule has 1 unspecified atom stereocenters. The molecule has 7 heteroatoms. The van der Waals surface area contributed by atoms with E-state index in [2.05, 4.69) is 10.1 Å². The molecule has 1 aromatic rings. The molecule has 134 valence electrons. The Morgan fingerprint density at radius 1 is 1.29 bits per heavy atom. The van der Waals surface area contributed by atoms with Gasteiger partial charge >= 0.3 is 0 Å². The Morgan fingerprint density at radius 3 is 2.88 bits per heavy atom. The molecule has 7 nitrogen and oxygen atoms in total. The molecule has 1 aromatic heterocycles. The van der Waals surface area contributed by atoms with Crippen LogP contribution in [-0.2, 0) is 9.47 Å². The molecule has 0 radical (unpaired) electrons. The number of ether oxygens (including phenoxy) is 2. The first-order chi connectivity index (χ1) is 11.6. The van der Waals surface area contributed by atoms with E-state index in [0.717, 1.165) is 38.3 Å². The Kier molecular flexibility index (Phi) is 5.86. The van der Waals surface area contributed by atoms with Crippen LogP contribution in [0.5, 0.6) is 0 Å². The van der Waals surface area contributed by atoms with Crippen LogP contribution < -0.4 is 0 Å². The van der Waals surface area contributed by atoms with Gasteiger partial charge in [0.25, 0.3) is 5.91 Å². The zero-order chi connectivity index (χ0) is 16.9. The number of rotatable bonds is 4. The summed E-state index contributed by atoms with van der Waals surface area (Å²) < 4.78 is 16.4. The maximum Gasteiger partial charge on any atom is 0.292 e. The molecule has 3 rings (SSSR count). The molecule has 1 atom stereocenters. The van der Waals surface area contributed by atoms with Crippen LogP contribution in [0.4, 0.5) is 0 Å². The number of hydrogen-bond acceptors (Lipinski definition) is 6. The minimum atomic E-state index is -0.0616. The molecule has 2 fully saturated rings. The van der Waals surface area contributed by atoms with Gasteiger partial charge in [-0.15, -0.1) is 0 Å². The van der Waals surface area contributed by atoms with Crippen molar-refractivity contribution >= 4 is 5.91 Å². The molecule has 0 N–H and O–H groups in total. The van der Waals surface area contributed by atoms with Gasteiger partial charge in [-0.3, -0.25) is 9.69 Å². The fraction of sp³-hybridized carbons (Fsp3) is 0.765. The predicted molar refractivity (Wildman–Crippen MR) is 88.1 cm³/mol. The number of nitrogens with zero attached hydrogens (tertiary/aromatic N) is 3. The third-order valence-electron chi connectivity index (χ3n) is 4.55. The summed E-state index contributed by atoms with van der Waals surface area (Å²) in [5, 5.41) is 3.98. The molecule has 3 heterocycles. The normalized spacial score (nSPS) is 23.5. The SMILES string of the molecule is CC(C)c1cc(C(=O)N2CCCN(CC3COCCO3)CC2)on1. The number of amides is 1. The highest BCUT2D eigenvalue weighted by Crippen LogP contribution is 2.16. The Morgan fingerprint density at radius 2 is 2.17 bits per heavy atom. The Hall–Kier alpha value is -1.44. The monoisotopic (exact) mass is 337 g/mol. The molecule has 0 aliphatic carbocycles. The predicted octanol–water partition coefficient (Wildman–Crippen LogP) is 1.36. The first-order valence-electron chi connectivity index (χ1n) is 8.81. The van der Waals surface area contributed by atoms with Crippen molar-refractivity contribution in [3.8, 4) is 0 Å². The van der Waals surface area contributed by atoms with Crippen LogP contribution in [0, 0.1) is 0 Å². The van der Waals surface area contributed by atoms with E-state index in [1.807, 2.05) is 18.7 Å². The van der Waals surface area contributed by atoms with Crippen molar-refractivity contribution in [1.29, 1.82) is 0 Å². The lowest BCUT2D eigenvalue weighted by Gasteiger charge is -2.29. The average molecular weight is 337 g/mol. The van der Waals surface area contributed by atoms with E-state index in [0.29, 0.717) is 32.1 Å². The van der Waals surface area contributed by atoms with Crippen LogP contribution >= 0.6 is 0 Å². The standard InChI is InChI=1S/C17H27N3O4/c1-13(2)15-10-16(24-18-15)17(21)20-5-3-4-19(6-7-20)11-14-12-22-8-9-23-14/h10,13-14H,3-9,11-12H2,1-2H3. The van der Waals surface area contributed by atoms with Gasteiger partial charge < -0.3 is 18.9 Å². The lowest BCUT2D eigenvalue weighted by atomic mass is 10.1. The zero-order valence-corrected chi connectivity index (χ0v) is 14.6. The topological polar surface area (TPSA) is 68.0 Å². The quantitative estimate of drug-likeness (QED) is 0.826. The summed E-state index contributed by atoms with van der Waals surface area (Å²) in [5.41, 5.74) is 0.823. The van der Waals surface area contributed by atoms with E-state index in [9.17, 15) is 4.79 Å². The summed E-state index contributed by atoms with van der Waals surface area (Å²) in [6, 6.07) is 1.77. The molecule has 0 spiro atoms. The van der Waals surface area contributed by atoms with Gasteiger partial charge in [-0.05, 0) is 18.9 Å². The van der Waals surface area contributed by atoms with Crippen molar-refractivity contribution in [1.82, 2.24) is 15.0 Å². The van der Waals surface area contributed by atoms with E-state index in [1.165, 1.54) is 0 Å². The van der Waals surface area contributed by atoms with Crippen molar-refractivity contribution in [3.63, 3.8) is 0 Å².